The van der Waals surface area contributed by atoms with E-state index in [-0.39, 0.29) is 12.2 Å². The normalized spacial score (nSPS) is 11.7. The van der Waals surface area contributed by atoms with Crippen molar-refractivity contribution < 1.29 is 4.79 Å². The molecule has 0 saturated carbocycles. The first-order valence-corrected chi connectivity index (χ1v) is 8.50. The third-order valence-electron chi connectivity index (χ3n) is 3.64. The topological polar surface area (TPSA) is 79.5 Å². The Kier molecular flexibility index (Phi) is 5.83. The summed E-state index contributed by atoms with van der Waals surface area (Å²) in [5, 5.41) is 10.0. The van der Waals surface area contributed by atoms with Crippen LogP contribution in [0.3, 0.4) is 0 Å². The molecule has 0 bridgehead atoms. The number of hydrogen-bond acceptors (Lipinski definition) is 6. The minimum atomic E-state index is -0.816. The van der Waals surface area contributed by atoms with Crippen LogP contribution in [0.4, 0.5) is 0 Å². The van der Waals surface area contributed by atoms with Gasteiger partial charge in [0.15, 0.2) is 10.9 Å². The van der Waals surface area contributed by atoms with Crippen LogP contribution in [-0.4, -0.2) is 27.0 Å². The number of Topliss-reactive ketones (excluding diaryl/α,β-unsaturated/α-hetero) is 1. The minimum absolute atomic E-state index is 0.126. The van der Waals surface area contributed by atoms with E-state index in [2.05, 4.69) is 21.0 Å². The van der Waals surface area contributed by atoms with Gasteiger partial charge in [-0.15, -0.1) is 0 Å². The largest absolute Gasteiger partial charge is 0.298 e. The molecule has 2 aromatic heterocycles. The van der Waals surface area contributed by atoms with Gasteiger partial charge >= 0.3 is 0 Å². The monoisotopic (exact) mass is 326 g/mol. The van der Waals surface area contributed by atoms with Crippen LogP contribution in [-0.2, 0) is 11.2 Å². The highest BCUT2D eigenvalue weighted by Crippen LogP contribution is 2.20. The molecule has 0 aliphatic rings. The summed E-state index contributed by atoms with van der Waals surface area (Å²) in [5.74, 6) is -0.942. The van der Waals surface area contributed by atoms with Crippen molar-refractivity contribution >= 4 is 17.5 Å². The fraction of sp³-hybridized carbons (Fsp3) is 0.353. The van der Waals surface area contributed by atoms with Crippen LogP contribution in [0.15, 0.2) is 29.6 Å². The molecule has 6 heteroatoms. The zero-order chi connectivity index (χ0) is 16.8. The van der Waals surface area contributed by atoms with Crippen LogP contribution in [0.2, 0.25) is 0 Å². The van der Waals surface area contributed by atoms with Crippen LogP contribution in [0.25, 0.3) is 0 Å². The number of nitrogens with zero attached hydrogens (tertiary/aromatic N) is 4. The summed E-state index contributed by atoms with van der Waals surface area (Å²) >= 11 is 1.50. The van der Waals surface area contributed by atoms with Crippen LogP contribution >= 0.6 is 11.8 Å². The molecule has 2 heterocycles. The SMILES string of the molecule is CSc1nc(C)c(CCC(=O)[C@@H](C#N)c2ccccn2)c(C)n1. The molecule has 1 atom stereocenters. The van der Waals surface area contributed by atoms with Crippen molar-refractivity contribution in [3.8, 4) is 6.07 Å². The number of nitriles is 1. The molecule has 2 aromatic rings. The van der Waals surface area contributed by atoms with Gasteiger partial charge in [0.25, 0.3) is 0 Å². The first-order chi connectivity index (χ1) is 11.1. The van der Waals surface area contributed by atoms with Gasteiger partial charge in [0.1, 0.15) is 5.92 Å². The molecular formula is C17H18N4OS. The molecule has 0 aliphatic carbocycles. The third kappa shape index (κ3) is 4.14. The molecule has 23 heavy (non-hydrogen) atoms. The van der Waals surface area contributed by atoms with Gasteiger partial charge in [0, 0.05) is 24.0 Å². The first-order valence-electron chi connectivity index (χ1n) is 7.28. The number of hydrogen-bond donors (Lipinski definition) is 0. The molecule has 118 valence electrons. The Morgan fingerprint density at radius 1 is 1.30 bits per heavy atom. The average molecular weight is 326 g/mol. The lowest BCUT2D eigenvalue weighted by Crippen LogP contribution is -2.14. The van der Waals surface area contributed by atoms with E-state index in [0.717, 1.165) is 22.1 Å². The van der Waals surface area contributed by atoms with E-state index in [1.807, 2.05) is 20.1 Å². The molecule has 0 radical (unpaired) electrons. The van der Waals surface area contributed by atoms with Gasteiger partial charge in [0.05, 0.1) is 11.8 Å². The lowest BCUT2D eigenvalue weighted by atomic mass is 9.95. The van der Waals surface area contributed by atoms with E-state index in [9.17, 15) is 10.1 Å². The molecule has 0 aromatic carbocycles. The van der Waals surface area contributed by atoms with E-state index in [1.165, 1.54) is 11.8 Å². The second kappa shape index (κ2) is 7.84. The maximum Gasteiger partial charge on any atom is 0.187 e. The van der Waals surface area contributed by atoms with Gasteiger partial charge in [-0.3, -0.25) is 9.78 Å². The second-order valence-electron chi connectivity index (χ2n) is 5.14. The number of pyridine rings is 1. The quantitative estimate of drug-likeness (QED) is 0.599. The maximum atomic E-state index is 12.4. The molecule has 0 unspecified atom stereocenters. The summed E-state index contributed by atoms with van der Waals surface area (Å²) in [7, 11) is 0. The summed E-state index contributed by atoms with van der Waals surface area (Å²) in [6.45, 7) is 3.85. The van der Waals surface area contributed by atoms with Crippen molar-refractivity contribution in [1.82, 2.24) is 15.0 Å². The lowest BCUT2D eigenvalue weighted by molar-refractivity contribution is -0.119. The Morgan fingerprint density at radius 2 is 2.00 bits per heavy atom. The third-order valence-corrected chi connectivity index (χ3v) is 4.19. The van der Waals surface area contributed by atoms with Crippen LogP contribution in [0, 0.1) is 25.2 Å². The van der Waals surface area contributed by atoms with Gasteiger partial charge in [-0.2, -0.15) is 5.26 Å². The van der Waals surface area contributed by atoms with Crippen molar-refractivity contribution in [2.45, 2.75) is 37.8 Å². The van der Waals surface area contributed by atoms with Gasteiger partial charge < -0.3 is 0 Å². The summed E-state index contributed by atoms with van der Waals surface area (Å²) in [6, 6.07) is 7.31. The Labute approximate surface area is 140 Å². The van der Waals surface area contributed by atoms with E-state index in [0.29, 0.717) is 12.1 Å². The van der Waals surface area contributed by atoms with E-state index >= 15 is 0 Å². The fourth-order valence-electron chi connectivity index (χ4n) is 2.40. The highest BCUT2D eigenvalue weighted by atomic mass is 32.2. The number of aromatic nitrogens is 3. The van der Waals surface area contributed by atoms with Gasteiger partial charge in [0.2, 0.25) is 0 Å². The summed E-state index contributed by atoms with van der Waals surface area (Å²) in [6.07, 6.45) is 4.34. The minimum Gasteiger partial charge on any atom is -0.298 e. The van der Waals surface area contributed by atoms with Gasteiger partial charge in [-0.1, -0.05) is 17.8 Å². The highest BCUT2D eigenvalue weighted by Gasteiger charge is 2.21. The number of ketones is 1. The standard InChI is InChI=1S/C17H18N4OS/c1-11-13(12(2)21-17(20-11)23-3)7-8-16(22)14(10-18)15-6-4-5-9-19-15/h4-6,9,14H,7-8H2,1-3H3/t14-/m0/s1. The zero-order valence-electron chi connectivity index (χ0n) is 13.4. The van der Waals surface area contributed by atoms with Crippen LogP contribution in [0.1, 0.15) is 35.0 Å². The number of carbonyl (C=O) groups excluding carboxylic acids is 1. The number of carbonyl (C=O) groups is 1. The molecule has 0 N–H and O–H groups in total. The summed E-state index contributed by atoms with van der Waals surface area (Å²) in [5.41, 5.74) is 3.26. The predicted molar refractivity (Wildman–Crippen MR) is 89.2 cm³/mol. The van der Waals surface area contributed by atoms with E-state index < -0.39 is 5.92 Å². The Balaban J connectivity index is 2.12. The predicted octanol–water partition coefficient (Wildman–Crippen LogP) is 3.02. The number of rotatable bonds is 6. The van der Waals surface area contributed by atoms with Crippen molar-refractivity contribution in [3.63, 3.8) is 0 Å². The van der Waals surface area contributed by atoms with E-state index in [1.54, 1.807) is 24.4 Å². The van der Waals surface area contributed by atoms with Crippen LogP contribution < -0.4 is 0 Å². The lowest BCUT2D eigenvalue weighted by Gasteiger charge is -2.11. The summed E-state index contributed by atoms with van der Waals surface area (Å²) < 4.78 is 0. The number of aryl methyl sites for hydroxylation is 2. The first kappa shape index (κ1) is 17.1. The Bertz CT molecular complexity index is 717. The molecule has 0 aliphatic heterocycles. The summed E-state index contributed by atoms with van der Waals surface area (Å²) in [4.78, 5) is 25.3. The molecule has 5 nitrogen and oxygen atoms in total. The Hall–Kier alpha value is -2.26. The number of thioether (sulfide) groups is 1. The molecule has 2 rings (SSSR count). The van der Waals surface area contributed by atoms with Crippen molar-refractivity contribution in [2.75, 3.05) is 6.26 Å². The average Bonchev–Trinajstić information content (AvgIpc) is 2.55. The maximum absolute atomic E-state index is 12.4. The smallest absolute Gasteiger partial charge is 0.187 e. The Morgan fingerprint density at radius 3 is 2.52 bits per heavy atom. The van der Waals surface area contributed by atoms with Gasteiger partial charge in [-0.05, 0) is 44.2 Å². The second-order valence-corrected chi connectivity index (χ2v) is 5.92. The van der Waals surface area contributed by atoms with Crippen LogP contribution in [0.5, 0.6) is 0 Å². The fourth-order valence-corrected chi connectivity index (χ4v) is 2.86. The highest BCUT2D eigenvalue weighted by molar-refractivity contribution is 7.98. The van der Waals surface area contributed by atoms with Gasteiger partial charge in [-0.25, -0.2) is 9.97 Å². The van der Waals surface area contributed by atoms with Crippen molar-refractivity contribution in [3.05, 3.63) is 47.0 Å². The molecule has 0 saturated heterocycles. The van der Waals surface area contributed by atoms with E-state index in [4.69, 9.17) is 0 Å². The van der Waals surface area contributed by atoms with Crippen molar-refractivity contribution in [1.29, 1.82) is 5.26 Å². The molecule has 0 spiro atoms. The van der Waals surface area contributed by atoms with Crippen molar-refractivity contribution in [2.24, 2.45) is 0 Å². The zero-order valence-corrected chi connectivity index (χ0v) is 14.2. The molecular weight excluding hydrogens is 308 g/mol. The molecule has 0 amide bonds. The molecule has 0 fully saturated rings.